The number of aryl methyl sites for hydroxylation is 2. The van der Waals surface area contributed by atoms with Gasteiger partial charge in [-0.25, -0.2) is 9.78 Å². The molecule has 0 radical (unpaired) electrons. The van der Waals surface area contributed by atoms with Gasteiger partial charge in [-0.1, -0.05) is 0 Å². The van der Waals surface area contributed by atoms with Crippen LogP contribution in [0.1, 0.15) is 31.5 Å². The molecule has 0 spiro atoms. The number of hydrogen-bond acceptors (Lipinski definition) is 3. The molecule has 1 aromatic rings. The van der Waals surface area contributed by atoms with Gasteiger partial charge in [0.25, 0.3) is 0 Å². The SMILES string of the molecule is Cc1nccn1CCCC(=O)N1CCC[C@H]1C(=O)O. The van der Waals surface area contributed by atoms with Crippen molar-refractivity contribution in [3.63, 3.8) is 0 Å². The Morgan fingerprint density at radius 2 is 2.32 bits per heavy atom. The molecule has 1 aliphatic heterocycles. The number of carboxylic acid groups (broad SMARTS) is 1. The van der Waals surface area contributed by atoms with E-state index in [-0.39, 0.29) is 5.91 Å². The number of aromatic nitrogens is 2. The Morgan fingerprint density at radius 3 is 2.95 bits per heavy atom. The largest absolute Gasteiger partial charge is 0.480 e. The fourth-order valence-corrected chi connectivity index (χ4v) is 2.51. The third-order valence-electron chi connectivity index (χ3n) is 3.57. The van der Waals surface area contributed by atoms with Crippen LogP contribution < -0.4 is 0 Å². The lowest BCUT2D eigenvalue weighted by molar-refractivity contribution is -0.148. The van der Waals surface area contributed by atoms with Crippen LogP contribution in [0.3, 0.4) is 0 Å². The van der Waals surface area contributed by atoms with Gasteiger partial charge in [0.1, 0.15) is 11.9 Å². The van der Waals surface area contributed by atoms with Crippen molar-refractivity contribution in [3.05, 3.63) is 18.2 Å². The smallest absolute Gasteiger partial charge is 0.326 e. The molecule has 1 saturated heterocycles. The molecular formula is C13H19N3O3. The molecule has 2 rings (SSSR count). The highest BCUT2D eigenvalue weighted by atomic mass is 16.4. The predicted octanol–water partition coefficient (Wildman–Crippen LogP) is 1.05. The summed E-state index contributed by atoms with van der Waals surface area (Å²) in [6.07, 6.45) is 6.07. The molecule has 0 aromatic carbocycles. The van der Waals surface area contributed by atoms with Crippen molar-refractivity contribution in [1.29, 1.82) is 0 Å². The summed E-state index contributed by atoms with van der Waals surface area (Å²) in [6, 6.07) is -0.623. The Kier molecular flexibility index (Phi) is 4.19. The first kappa shape index (κ1) is 13.6. The van der Waals surface area contributed by atoms with Gasteiger partial charge in [-0.3, -0.25) is 4.79 Å². The highest BCUT2D eigenvalue weighted by Crippen LogP contribution is 2.19. The van der Waals surface area contributed by atoms with Gasteiger partial charge in [0.2, 0.25) is 5.91 Å². The van der Waals surface area contributed by atoms with E-state index in [1.807, 2.05) is 17.7 Å². The van der Waals surface area contributed by atoms with Gasteiger partial charge in [-0.15, -0.1) is 0 Å². The number of carboxylic acids is 1. The Balaban J connectivity index is 1.81. The predicted molar refractivity (Wildman–Crippen MR) is 68.6 cm³/mol. The lowest BCUT2D eigenvalue weighted by Gasteiger charge is -2.21. The molecule has 0 bridgehead atoms. The molecule has 1 aliphatic rings. The number of nitrogens with zero attached hydrogens (tertiary/aromatic N) is 3. The minimum Gasteiger partial charge on any atom is -0.480 e. The van der Waals surface area contributed by atoms with E-state index in [1.54, 1.807) is 6.20 Å². The molecular weight excluding hydrogens is 246 g/mol. The van der Waals surface area contributed by atoms with Crippen molar-refractivity contribution in [2.75, 3.05) is 6.54 Å². The maximum absolute atomic E-state index is 12.0. The van der Waals surface area contributed by atoms with Crippen LogP contribution in [0.2, 0.25) is 0 Å². The van der Waals surface area contributed by atoms with Crippen LogP contribution in [0.5, 0.6) is 0 Å². The van der Waals surface area contributed by atoms with Gasteiger partial charge in [0, 0.05) is 31.9 Å². The minimum absolute atomic E-state index is 0.0531. The van der Waals surface area contributed by atoms with E-state index in [0.717, 1.165) is 18.8 Å². The number of hydrogen-bond donors (Lipinski definition) is 1. The van der Waals surface area contributed by atoms with E-state index in [2.05, 4.69) is 4.98 Å². The normalized spacial score (nSPS) is 18.8. The minimum atomic E-state index is -0.892. The van der Waals surface area contributed by atoms with Gasteiger partial charge in [0.05, 0.1) is 0 Å². The van der Waals surface area contributed by atoms with Crippen LogP contribution in [0.15, 0.2) is 12.4 Å². The number of carbonyl (C=O) groups excluding carboxylic acids is 1. The lowest BCUT2D eigenvalue weighted by atomic mass is 10.2. The zero-order valence-corrected chi connectivity index (χ0v) is 11.1. The van der Waals surface area contributed by atoms with E-state index in [4.69, 9.17) is 5.11 Å². The topological polar surface area (TPSA) is 75.4 Å². The van der Waals surface area contributed by atoms with Crippen LogP contribution in [0, 0.1) is 6.92 Å². The molecule has 1 N–H and O–H groups in total. The number of carbonyl (C=O) groups is 2. The molecule has 6 heteroatoms. The molecule has 19 heavy (non-hydrogen) atoms. The second kappa shape index (κ2) is 5.86. The van der Waals surface area contributed by atoms with Gasteiger partial charge >= 0.3 is 5.97 Å². The van der Waals surface area contributed by atoms with E-state index in [0.29, 0.717) is 25.8 Å². The highest BCUT2D eigenvalue weighted by molar-refractivity contribution is 5.84. The first-order valence-corrected chi connectivity index (χ1v) is 6.59. The summed E-state index contributed by atoms with van der Waals surface area (Å²) in [5, 5.41) is 9.04. The number of rotatable bonds is 5. The maximum atomic E-state index is 12.0. The average molecular weight is 265 g/mol. The van der Waals surface area contributed by atoms with Crippen LogP contribution in [0.25, 0.3) is 0 Å². The van der Waals surface area contributed by atoms with E-state index in [9.17, 15) is 9.59 Å². The van der Waals surface area contributed by atoms with Gasteiger partial charge in [-0.2, -0.15) is 0 Å². The molecule has 2 heterocycles. The monoisotopic (exact) mass is 265 g/mol. The molecule has 1 amide bonds. The molecule has 6 nitrogen and oxygen atoms in total. The number of imidazole rings is 1. The van der Waals surface area contributed by atoms with Gasteiger partial charge < -0.3 is 14.6 Å². The van der Waals surface area contributed by atoms with E-state index < -0.39 is 12.0 Å². The number of likely N-dealkylation sites (tertiary alicyclic amines) is 1. The molecule has 104 valence electrons. The summed E-state index contributed by atoms with van der Waals surface area (Å²) in [7, 11) is 0. The van der Waals surface area contributed by atoms with Crippen molar-refractivity contribution < 1.29 is 14.7 Å². The van der Waals surface area contributed by atoms with Crippen LogP contribution >= 0.6 is 0 Å². The van der Waals surface area contributed by atoms with E-state index in [1.165, 1.54) is 4.90 Å². The van der Waals surface area contributed by atoms with Crippen LogP contribution in [0.4, 0.5) is 0 Å². The standard InChI is InChI=1S/C13H19N3O3/c1-10-14-6-9-15(10)7-3-5-12(17)16-8-2-4-11(16)13(18)19/h6,9,11H,2-5,7-8H2,1H3,(H,18,19)/t11-/m0/s1. The van der Waals surface area contributed by atoms with Crippen molar-refractivity contribution in [1.82, 2.24) is 14.5 Å². The third-order valence-corrected chi connectivity index (χ3v) is 3.57. The summed E-state index contributed by atoms with van der Waals surface area (Å²) in [4.78, 5) is 28.6. The highest BCUT2D eigenvalue weighted by Gasteiger charge is 2.33. The second-order valence-corrected chi connectivity index (χ2v) is 4.85. The number of amides is 1. The summed E-state index contributed by atoms with van der Waals surface area (Å²) < 4.78 is 1.99. The van der Waals surface area contributed by atoms with Crippen molar-refractivity contribution in [2.45, 2.75) is 45.2 Å². The lowest BCUT2D eigenvalue weighted by Crippen LogP contribution is -2.40. The Labute approximate surface area is 112 Å². The van der Waals surface area contributed by atoms with Crippen molar-refractivity contribution in [2.24, 2.45) is 0 Å². The first-order valence-electron chi connectivity index (χ1n) is 6.59. The molecule has 0 aliphatic carbocycles. The summed E-state index contributed by atoms with van der Waals surface area (Å²) in [5.74, 6) is -0.0176. The Hall–Kier alpha value is -1.85. The number of aliphatic carboxylic acids is 1. The summed E-state index contributed by atoms with van der Waals surface area (Å²) in [5.41, 5.74) is 0. The first-order chi connectivity index (χ1) is 9.09. The summed E-state index contributed by atoms with van der Waals surface area (Å²) >= 11 is 0. The third kappa shape index (κ3) is 3.13. The average Bonchev–Trinajstić information content (AvgIpc) is 2.98. The molecule has 1 atom stereocenters. The van der Waals surface area contributed by atoms with Gasteiger partial charge in [0.15, 0.2) is 0 Å². The van der Waals surface area contributed by atoms with Crippen LogP contribution in [-0.4, -0.2) is 44.0 Å². The zero-order valence-electron chi connectivity index (χ0n) is 11.1. The fraction of sp³-hybridized carbons (Fsp3) is 0.615. The Bertz CT molecular complexity index is 469. The maximum Gasteiger partial charge on any atom is 0.326 e. The van der Waals surface area contributed by atoms with Gasteiger partial charge in [-0.05, 0) is 26.2 Å². The molecule has 0 unspecified atom stereocenters. The second-order valence-electron chi connectivity index (χ2n) is 4.85. The summed E-state index contributed by atoms with van der Waals surface area (Å²) in [6.45, 7) is 3.23. The molecule has 1 aromatic heterocycles. The Morgan fingerprint density at radius 1 is 1.53 bits per heavy atom. The molecule has 0 saturated carbocycles. The zero-order chi connectivity index (χ0) is 13.8. The van der Waals surface area contributed by atoms with E-state index >= 15 is 0 Å². The quantitative estimate of drug-likeness (QED) is 0.863. The molecule has 1 fully saturated rings. The fourth-order valence-electron chi connectivity index (χ4n) is 2.51. The van der Waals surface area contributed by atoms with Crippen molar-refractivity contribution in [3.8, 4) is 0 Å². The van der Waals surface area contributed by atoms with Crippen molar-refractivity contribution >= 4 is 11.9 Å². The van der Waals surface area contributed by atoms with Crippen LogP contribution in [-0.2, 0) is 16.1 Å².